The molecule has 134 valence electrons. The molecule has 7 heteroatoms. The average molecular weight is 395 g/mol. The molecule has 1 fully saturated rings. The zero-order chi connectivity index (χ0) is 18.0. The van der Waals surface area contributed by atoms with Crippen LogP contribution in [0.4, 0.5) is 0 Å². The van der Waals surface area contributed by atoms with E-state index in [1.165, 1.54) is 16.0 Å². The van der Waals surface area contributed by atoms with E-state index in [9.17, 15) is 9.90 Å². The van der Waals surface area contributed by atoms with Crippen molar-refractivity contribution in [2.45, 2.75) is 26.8 Å². The van der Waals surface area contributed by atoms with Crippen LogP contribution < -0.4 is 0 Å². The summed E-state index contributed by atoms with van der Waals surface area (Å²) in [5.41, 5.74) is 3.35. The highest BCUT2D eigenvalue weighted by molar-refractivity contribution is 7.79. The molecule has 1 saturated heterocycles. The molecule has 2 aromatic rings. The van der Waals surface area contributed by atoms with E-state index in [4.69, 9.17) is 12.2 Å². The van der Waals surface area contributed by atoms with Crippen molar-refractivity contribution >= 4 is 38.8 Å². The number of hydrogen-bond acceptors (Lipinski definition) is 6. The first-order chi connectivity index (χ1) is 11.9. The monoisotopic (exact) mass is 394 g/mol. The second kappa shape index (κ2) is 7.95. The molecule has 0 unspecified atom stereocenters. The fraction of sp³-hybridized carbons (Fsp3) is 0.444. The Balaban J connectivity index is 1.70. The number of phenols is 1. The number of rotatable bonds is 4. The molecule has 4 nitrogen and oxygen atoms in total. The van der Waals surface area contributed by atoms with Crippen LogP contribution in [0.1, 0.15) is 28.5 Å². The molecule has 0 atom stereocenters. The van der Waals surface area contributed by atoms with Crippen LogP contribution in [0, 0.1) is 10.7 Å². The molecule has 1 aromatic heterocycles. The number of benzene rings is 1. The van der Waals surface area contributed by atoms with Gasteiger partial charge in [-0.15, -0.1) is 0 Å². The third kappa shape index (κ3) is 4.47. The van der Waals surface area contributed by atoms with Gasteiger partial charge in [-0.2, -0.15) is 0 Å². The van der Waals surface area contributed by atoms with Gasteiger partial charge in [-0.1, -0.05) is 45.0 Å². The van der Waals surface area contributed by atoms with Gasteiger partial charge in [0, 0.05) is 56.5 Å². The minimum Gasteiger partial charge on any atom is -0.508 e. The number of amides is 1. The van der Waals surface area contributed by atoms with Gasteiger partial charge in [0.25, 0.3) is 0 Å². The molecule has 1 aliphatic heterocycles. The number of aromatic hydroxyl groups is 1. The summed E-state index contributed by atoms with van der Waals surface area (Å²) < 4.78 is 0.970. The number of carbonyl (C=O) groups excluding carboxylic acids is 1. The predicted molar refractivity (Wildman–Crippen MR) is 106 cm³/mol. The van der Waals surface area contributed by atoms with Crippen LogP contribution in [0.3, 0.4) is 0 Å². The minimum absolute atomic E-state index is 0.136. The number of aryl methyl sites for hydroxylation is 1. The molecule has 1 aliphatic rings. The standard InChI is InChI=1S/C18H22N2O2S3/c1-12-16(18(23)25-24-12)10-14-3-4-17(22)15(9-14)11-19-5-7-20(8-6-19)13(2)21/h3-4,9,22H,5-8,10-11H2,1-2H3. The van der Waals surface area contributed by atoms with Gasteiger partial charge in [0.2, 0.25) is 5.91 Å². The van der Waals surface area contributed by atoms with Crippen molar-refractivity contribution in [1.29, 1.82) is 0 Å². The summed E-state index contributed by atoms with van der Waals surface area (Å²) in [6, 6.07) is 5.84. The van der Waals surface area contributed by atoms with Crippen LogP contribution in [0.15, 0.2) is 18.2 Å². The summed E-state index contributed by atoms with van der Waals surface area (Å²) >= 11 is 5.43. The Bertz CT molecular complexity index is 820. The van der Waals surface area contributed by atoms with Crippen molar-refractivity contribution in [3.63, 3.8) is 0 Å². The Hall–Kier alpha value is -1.28. The maximum Gasteiger partial charge on any atom is 0.219 e. The van der Waals surface area contributed by atoms with Gasteiger partial charge in [0.1, 0.15) is 9.57 Å². The van der Waals surface area contributed by atoms with Crippen molar-refractivity contribution in [3.05, 3.63) is 43.6 Å². The SMILES string of the molecule is CC(=O)N1CCN(Cc2cc(Cc3c(C)ssc3=S)ccc2O)CC1. The first-order valence-corrected chi connectivity index (χ1v) is 10.9. The highest BCUT2D eigenvalue weighted by Crippen LogP contribution is 2.28. The third-order valence-corrected chi connectivity index (χ3v) is 7.94. The maximum atomic E-state index is 11.4. The van der Waals surface area contributed by atoms with Crippen molar-refractivity contribution in [1.82, 2.24) is 9.80 Å². The van der Waals surface area contributed by atoms with E-state index in [0.717, 1.165) is 42.0 Å². The third-order valence-electron chi connectivity index (χ3n) is 4.65. The van der Waals surface area contributed by atoms with Crippen LogP contribution >= 0.6 is 32.9 Å². The van der Waals surface area contributed by atoms with E-state index in [-0.39, 0.29) is 5.91 Å². The van der Waals surface area contributed by atoms with E-state index in [1.54, 1.807) is 33.7 Å². The normalized spacial score (nSPS) is 15.5. The van der Waals surface area contributed by atoms with Gasteiger partial charge in [0.15, 0.2) is 0 Å². The van der Waals surface area contributed by atoms with E-state index in [1.807, 2.05) is 11.0 Å². The zero-order valence-electron chi connectivity index (χ0n) is 14.4. The summed E-state index contributed by atoms with van der Waals surface area (Å²) in [6.07, 6.45) is 0.816. The van der Waals surface area contributed by atoms with Gasteiger partial charge >= 0.3 is 0 Å². The second-order valence-corrected chi connectivity index (χ2v) is 9.43. The molecule has 0 spiro atoms. The quantitative estimate of drug-likeness (QED) is 0.633. The lowest BCUT2D eigenvalue weighted by Crippen LogP contribution is -2.47. The van der Waals surface area contributed by atoms with Gasteiger partial charge in [0.05, 0.1) is 0 Å². The Morgan fingerprint density at radius 1 is 1.24 bits per heavy atom. The van der Waals surface area contributed by atoms with E-state index >= 15 is 0 Å². The molecule has 1 N–H and O–H groups in total. The Morgan fingerprint density at radius 3 is 2.56 bits per heavy atom. The molecule has 2 heterocycles. The van der Waals surface area contributed by atoms with Gasteiger partial charge in [-0.05, 0) is 24.1 Å². The summed E-state index contributed by atoms with van der Waals surface area (Å²) in [7, 11) is 3.39. The predicted octanol–water partition coefficient (Wildman–Crippen LogP) is 3.81. The molecule has 25 heavy (non-hydrogen) atoms. The zero-order valence-corrected chi connectivity index (χ0v) is 16.9. The van der Waals surface area contributed by atoms with Gasteiger partial charge < -0.3 is 10.0 Å². The van der Waals surface area contributed by atoms with Crippen LogP contribution in [0.2, 0.25) is 0 Å². The lowest BCUT2D eigenvalue weighted by molar-refractivity contribution is -0.130. The first kappa shape index (κ1) is 18.5. The summed E-state index contributed by atoms with van der Waals surface area (Å²) in [5.74, 6) is 0.470. The number of nitrogens with zero attached hydrogens (tertiary/aromatic N) is 2. The number of carbonyl (C=O) groups is 1. The Morgan fingerprint density at radius 2 is 1.96 bits per heavy atom. The molecule has 0 bridgehead atoms. The molecule has 0 saturated carbocycles. The van der Waals surface area contributed by atoms with Crippen LogP contribution in [-0.2, 0) is 17.8 Å². The average Bonchev–Trinajstić information content (AvgIpc) is 2.90. The largest absolute Gasteiger partial charge is 0.508 e. The van der Waals surface area contributed by atoms with E-state index in [2.05, 4.69) is 17.9 Å². The lowest BCUT2D eigenvalue weighted by atomic mass is 10.0. The molecule has 1 aromatic carbocycles. The lowest BCUT2D eigenvalue weighted by Gasteiger charge is -2.34. The molecule has 1 amide bonds. The summed E-state index contributed by atoms with van der Waals surface area (Å²) in [4.78, 5) is 16.9. The van der Waals surface area contributed by atoms with Crippen LogP contribution in [0.5, 0.6) is 5.75 Å². The van der Waals surface area contributed by atoms with Crippen molar-refractivity contribution in [2.75, 3.05) is 26.2 Å². The smallest absolute Gasteiger partial charge is 0.219 e. The van der Waals surface area contributed by atoms with E-state index in [0.29, 0.717) is 12.3 Å². The molecular formula is C18H22N2O2S3. The second-order valence-electron chi connectivity index (χ2n) is 6.41. The fourth-order valence-electron chi connectivity index (χ4n) is 3.08. The molecule has 3 rings (SSSR count). The van der Waals surface area contributed by atoms with Crippen molar-refractivity contribution in [3.8, 4) is 5.75 Å². The first-order valence-electron chi connectivity index (χ1n) is 8.31. The maximum absolute atomic E-state index is 11.4. The fourth-order valence-corrected chi connectivity index (χ4v) is 5.75. The summed E-state index contributed by atoms with van der Waals surface area (Å²) in [5, 5.41) is 10.2. The van der Waals surface area contributed by atoms with Gasteiger partial charge in [-0.3, -0.25) is 9.69 Å². The van der Waals surface area contributed by atoms with E-state index < -0.39 is 0 Å². The number of hydrogen-bond donors (Lipinski definition) is 1. The highest BCUT2D eigenvalue weighted by atomic mass is 32.9. The minimum atomic E-state index is 0.136. The number of phenolic OH excluding ortho intramolecular Hbond substituents is 1. The Kier molecular flexibility index (Phi) is 5.89. The van der Waals surface area contributed by atoms with Crippen molar-refractivity contribution < 1.29 is 9.90 Å². The molecular weight excluding hydrogens is 372 g/mol. The van der Waals surface area contributed by atoms with Crippen molar-refractivity contribution in [2.24, 2.45) is 0 Å². The topological polar surface area (TPSA) is 43.8 Å². The Labute approximate surface area is 160 Å². The molecule has 0 radical (unpaired) electrons. The molecule has 0 aliphatic carbocycles. The number of piperazine rings is 1. The van der Waals surface area contributed by atoms with Gasteiger partial charge in [-0.25, -0.2) is 0 Å². The van der Waals surface area contributed by atoms with Crippen LogP contribution in [-0.4, -0.2) is 47.0 Å². The van der Waals surface area contributed by atoms with Crippen LogP contribution in [0.25, 0.3) is 0 Å². The summed E-state index contributed by atoms with van der Waals surface area (Å²) in [6.45, 7) is 7.62. The highest BCUT2D eigenvalue weighted by Gasteiger charge is 2.19.